The second-order valence-electron chi connectivity index (χ2n) is 4.80. The number of carboxylic acids is 1. The van der Waals surface area contributed by atoms with Gasteiger partial charge in [0.15, 0.2) is 0 Å². The van der Waals surface area contributed by atoms with Crippen LogP contribution in [-0.4, -0.2) is 42.2 Å². The molecule has 100 valence electrons. The third-order valence-electron chi connectivity index (χ3n) is 3.40. The monoisotopic (exact) mass is 276 g/mol. The Morgan fingerprint density at radius 2 is 2.11 bits per heavy atom. The van der Waals surface area contributed by atoms with Crippen LogP contribution in [0, 0.1) is 0 Å². The summed E-state index contributed by atoms with van der Waals surface area (Å²) < 4.78 is 1.16. The topological polar surface area (TPSA) is 52.6 Å². The van der Waals surface area contributed by atoms with Gasteiger partial charge in [-0.15, -0.1) is 11.3 Å². The predicted molar refractivity (Wildman–Crippen MR) is 76.9 cm³/mol. The standard InChI is InChI=1S/C14H16N2O2S/c17-14(18)10-1-2-13-11(7-10)8-12(19-13)9-16-5-3-15-4-6-16/h1-2,7-8,15H,3-6,9H2,(H,17,18). The highest BCUT2D eigenvalue weighted by Gasteiger charge is 2.12. The van der Waals surface area contributed by atoms with E-state index in [1.165, 1.54) is 4.88 Å². The molecule has 0 unspecified atom stereocenters. The largest absolute Gasteiger partial charge is 0.478 e. The lowest BCUT2D eigenvalue weighted by Crippen LogP contribution is -2.42. The number of hydrogen-bond acceptors (Lipinski definition) is 4. The van der Waals surface area contributed by atoms with Gasteiger partial charge in [0.2, 0.25) is 0 Å². The molecular formula is C14H16N2O2S. The average molecular weight is 276 g/mol. The van der Waals surface area contributed by atoms with E-state index in [4.69, 9.17) is 5.11 Å². The third kappa shape index (κ3) is 2.78. The van der Waals surface area contributed by atoms with Crippen LogP contribution in [-0.2, 0) is 6.54 Å². The molecule has 0 spiro atoms. The third-order valence-corrected chi connectivity index (χ3v) is 4.50. The molecule has 0 saturated carbocycles. The molecule has 0 amide bonds. The van der Waals surface area contributed by atoms with E-state index in [0.717, 1.165) is 42.8 Å². The van der Waals surface area contributed by atoms with Crippen molar-refractivity contribution in [3.05, 3.63) is 34.7 Å². The molecule has 1 saturated heterocycles. The molecular weight excluding hydrogens is 260 g/mol. The fraction of sp³-hybridized carbons (Fsp3) is 0.357. The maximum atomic E-state index is 11.0. The van der Waals surface area contributed by atoms with Crippen LogP contribution in [0.4, 0.5) is 0 Å². The van der Waals surface area contributed by atoms with Gasteiger partial charge in [-0.1, -0.05) is 0 Å². The molecule has 1 aliphatic rings. The first kappa shape index (κ1) is 12.6. The van der Waals surface area contributed by atoms with Crippen LogP contribution >= 0.6 is 11.3 Å². The first-order valence-corrected chi connectivity index (χ1v) is 7.23. The summed E-state index contributed by atoms with van der Waals surface area (Å²) in [5.41, 5.74) is 0.360. The number of thiophene rings is 1. The lowest BCUT2D eigenvalue weighted by Gasteiger charge is -2.26. The zero-order chi connectivity index (χ0) is 13.2. The first-order valence-electron chi connectivity index (χ1n) is 6.41. The van der Waals surface area contributed by atoms with Gasteiger partial charge in [-0.2, -0.15) is 0 Å². The summed E-state index contributed by atoms with van der Waals surface area (Å²) in [6, 6.07) is 7.46. The number of nitrogens with zero attached hydrogens (tertiary/aromatic N) is 1. The number of nitrogens with one attached hydrogen (secondary N) is 1. The first-order chi connectivity index (χ1) is 9.22. The van der Waals surface area contributed by atoms with Gasteiger partial charge in [-0.3, -0.25) is 4.90 Å². The van der Waals surface area contributed by atoms with Crippen LogP contribution in [0.3, 0.4) is 0 Å². The summed E-state index contributed by atoms with van der Waals surface area (Å²) in [5, 5.41) is 13.4. The number of aromatic carboxylic acids is 1. The highest BCUT2D eigenvalue weighted by atomic mass is 32.1. The highest BCUT2D eigenvalue weighted by molar-refractivity contribution is 7.19. The van der Waals surface area contributed by atoms with Gasteiger partial charge in [-0.25, -0.2) is 4.79 Å². The molecule has 2 N–H and O–H groups in total. The zero-order valence-corrected chi connectivity index (χ0v) is 11.4. The Kier molecular flexibility index (Phi) is 3.50. The van der Waals surface area contributed by atoms with Gasteiger partial charge in [0, 0.05) is 42.3 Å². The SMILES string of the molecule is O=C(O)c1ccc2sc(CN3CCNCC3)cc2c1. The molecule has 4 nitrogen and oxygen atoms in total. The van der Waals surface area contributed by atoms with Crippen molar-refractivity contribution in [2.75, 3.05) is 26.2 Å². The minimum atomic E-state index is -0.864. The van der Waals surface area contributed by atoms with Crippen LogP contribution < -0.4 is 5.32 Å². The van der Waals surface area contributed by atoms with E-state index < -0.39 is 5.97 Å². The van der Waals surface area contributed by atoms with E-state index >= 15 is 0 Å². The van der Waals surface area contributed by atoms with Crippen molar-refractivity contribution in [1.29, 1.82) is 0 Å². The fourth-order valence-electron chi connectivity index (χ4n) is 2.40. The normalized spacial score (nSPS) is 16.8. The van der Waals surface area contributed by atoms with Gasteiger partial charge in [-0.05, 0) is 29.7 Å². The second-order valence-corrected chi connectivity index (χ2v) is 5.96. The van der Waals surface area contributed by atoms with E-state index in [-0.39, 0.29) is 0 Å². The summed E-state index contributed by atoms with van der Waals surface area (Å²) >= 11 is 1.76. The van der Waals surface area contributed by atoms with Gasteiger partial charge in [0.05, 0.1) is 5.56 Å². The molecule has 2 aromatic rings. The minimum absolute atomic E-state index is 0.360. The molecule has 1 fully saturated rings. The average Bonchev–Trinajstić information content (AvgIpc) is 2.80. The summed E-state index contributed by atoms with van der Waals surface area (Å²) in [5.74, 6) is -0.864. The van der Waals surface area contributed by atoms with Crippen LogP contribution in [0.2, 0.25) is 0 Å². The molecule has 1 aliphatic heterocycles. The van der Waals surface area contributed by atoms with Crippen LogP contribution in [0.25, 0.3) is 10.1 Å². The highest BCUT2D eigenvalue weighted by Crippen LogP contribution is 2.27. The summed E-state index contributed by atoms with van der Waals surface area (Å²) in [6.07, 6.45) is 0. The van der Waals surface area contributed by atoms with E-state index in [9.17, 15) is 4.79 Å². The fourth-order valence-corrected chi connectivity index (χ4v) is 3.49. The van der Waals surface area contributed by atoms with E-state index in [2.05, 4.69) is 16.3 Å². The number of carboxylic acid groups (broad SMARTS) is 1. The molecule has 1 aromatic heterocycles. The second kappa shape index (κ2) is 5.28. The Morgan fingerprint density at radius 1 is 1.32 bits per heavy atom. The van der Waals surface area contributed by atoms with Crippen molar-refractivity contribution in [3.8, 4) is 0 Å². The quantitative estimate of drug-likeness (QED) is 0.900. The molecule has 0 bridgehead atoms. The smallest absolute Gasteiger partial charge is 0.335 e. The lowest BCUT2D eigenvalue weighted by molar-refractivity contribution is 0.0697. The molecule has 1 aromatic carbocycles. The summed E-state index contributed by atoms with van der Waals surface area (Å²) in [6.45, 7) is 5.22. The minimum Gasteiger partial charge on any atom is -0.478 e. The zero-order valence-electron chi connectivity index (χ0n) is 10.6. The van der Waals surface area contributed by atoms with Crippen molar-refractivity contribution in [3.63, 3.8) is 0 Å². The van der Waals surface area contributed by atoms with Gasteiger partial charge in [0.25, 0.3) is 0 Å². The van der Waals surface area contributed by atoms with E-state index in [0.29, 0.717) is 5.56 Å². The van der Waals surface area contributed by atoms with Crippen molar-refractivity contribution in [1.82, 2.24) is 10.2 Å². The van der Waals surface area contributed by atoms with Crippen molar-refractivity contribution < 1.29 is 9.90 Å². The molecule has 3 rings (SSSR count). The molecule has 19 heavy (non-hydrogen) atoms. The molecule has 0 atom stereocenters. The Labute approximate surface area is 115 Å². The van der Waals surface area contributed by atoms with E-state index in [1.54, 1.807) is 23.5 Å². The number of carbonyl (C=O) groups is 1. The maximum Gasteiger partial charge on any atom is 0.335 e. The summed E-state index contributed by atoms with van der Waals surface area (Å²) in [7, 11) is 0. The van der Waals surface area contributed by atoms with Gasteiger partial charge in [0.1, 0.15) is 0 Å². The number of piperazine rings is 1. The van der Waals surface area contributed by atoms with Gasteiger partial charge >= 0.3 is 5.97 Å². The molecule has 5 heteroatoms. The lowest BCUT2D eigenvalue weighted by atomic mass is 10.1. The van der Waals surface area contributed by atoms with Crippen molar-refractivity contribution in [2.24, 2.45) is 0 Å². The molecule has 0 aliphatic carbocycles. The van der Waals surface area contributed by atoms with Crippen molar-refractivity contribution >= 4 is 27.4 Å². The molecule has 0 radical (unpaired) electrons. The van der Waals surface area contributed by atoms with E-state index in [1.807, 2.05) is 6.07 Å². The number of fused-ring (bicyclic) bond motifs is 1. The Balaban J connectivity index is 1.82. The van der Waals surface area contributed by atoms with Crippen LogP contribution in [0.5, 0.6) is 0 Å². The van der Waals surface area contributed by atoms with Crippen LogP contribution in [0.1, 0.15) is 15.2 Å². The maximum absolute atomic E-state index is 11.0. The Hall–Kier alpha value is -1.43. The number of rotatable bonds is 3. The number of benzene rings is 1. The Bertz CT molecular complexity index is 603. The Morgan fingerprint density at radius 3 is 2.84 bits per heavy atom. The van der Waals surface area contributed by atoms with Crippen molar-refractivity contribution in [2.45, 2.75) is 6.54 Å². The predicted octanol–water partition coefficient (Wildman–Crippen LogP) is 2.00. The van der Waals surface area contributed by atoms with Gasteiger partial charge < -0.3 is 10.4 Å². The number of hydrogen-bond donors (Lipinski definition) is 2. The van der Waals surface area contributed by atoms with Crippen LogP contribution in [0.15, 0.2) is 24.3 Å². The summed E-state index contributed by atoms with van der Waals surface area (Å²) in [4.78, 5) is 14.7. The molecule has 2 heterocycles.